The van der Waals surface area contributed by atoms with Gasteiger partial charge in [-0.05, 0) is 109 Å². The molecule has 0 spiro atoms. The second kappa shape index (κ2) is 16.5. The first-order valence-corrected chi connectivity index (χ1v) is 20.1. The Hall–Kier alpha value is -5.91. The molecule has 9 rings (SSSR count). The molecule has 282 valence electrons. The first-order valence-electron chi connectivity index (χ1n) is 20.1. The summed E-state index contributed by atoms with van der Waals surface area (Å²) in [4.78, 5) is 41.0. The lowest BCUT2D eigenvalue weighted by molar-refractivity contribution is -0.383. The van der Waals surface area contributed by atoms with E-state index in [1.807, 2.05) is 48.5 Å². The quantitative estimate of drug-likeness (QED) is 0.0834. The average molecular weight is 787 g/mol. The normalized spacial score (nSPS) is 15.0. The van der Waals surface area contributed by atoms with Gasteiger partial charge in [-0.15, -0.1) is 0 Å². The summed E-state index contributed by atoms with van der Waals surface area (Å²) in [5, 5.41) is 25.8. The third-order valence-electron chi connectivity index (χ3n) is 11.8. The highest BCUT2D eigenvalue weighted by Crippen LogP contribution is 2.41. The summed E-state index contributed by atoms with van der Waals surface area (Å²) in [7, 11) is 30.2. The van der Waals surface area contributed by atoms with E-state index >= 15 is 0 Å². The fourth-order valence-corrected chi connectivity index (χ4v) is 8.37. The molecule has 4 aliphatic rings. The second-order valence-corrected chi connectivity index (χ2v) is 16.1. The molecule has 2 fully saturated rings. The van der Waals surface area contributed by atoms with Gasteiger partial charge in [0.05, 0.1) is 41.1 Å². The smallest absolute Gasteiger partial charge is 0.318 e. The van der Waals surface area contributed by atoms with Gasteiger partial charge in [0, 0.05) is 86.4 Å². The number of H-pyrrole nitrogens is 2. The van der Waals surface area contributed by atoms with Crippen LogP contribution in [0.15, 0.2) is 72.8 Å². The number of rotatable bonds is 14. The molecule has 1 aliphatic carbocycles. The van der Waals surface area contributed by atoms with Gasteiger partial charge in [0.2, 0.25) is 0 Å². The summed E-state index contributed by atoms with van der Waals surface area (Å²) in [6.07, 6.45) is 7.33. The van der Waals surface area contributed by atoms with E-state index in [0.717, 1.165) is 19.2 Å². The maximum Gasteiger partial charge on any atom is 0.318 e. The van der Waals surface area contributed by atoms with Crippen molar-refractivity contribution in [1.82, 2.24) is 19.9 Å². The van der Waals surface area contributed by atoms with Gasteiger partial charge in [-0.25, -0.2) is 9.97 Å². The van der Waals surface area contributed by atoms with E-state index in [9.17, 15) is 20.2 Å². The Bertz CT molecular complexity index is 2800. The van der Waals surface area contributed by atoms with Gasteiger partial charge in [0.25, 0.3) is 0 Å². The van der Waals surface area contributed by atoms with Crippen molar-refractivity contribution in [2.24, 2.45) is 5.92 Å². The Morgan fingerprint density at radius 3 is 1.59 bits per heavy atom. The van der Waals surface area contributed by atoms with Crippen LogP contribution in [0.2, 0.25) is 12.1 Å². The molecular weight excluding hydrogens is 757 g/mol. The van der Waals surface area contributed by atoms with Crippen LogP contribution in [0.25, 0.3) is 68.6 Å². The minimum absolute atomic E-state index is 0.0919. The topological polar surface area (TPSA) is 162 Å². The molecule has 8 bridgehead atoms. The van der Waals surface area contributed by atoms with Crippen LogP contribution in [0.1, 0.15) is 35.6 Å². The molecule has 2 N–H and O–H groups in total. The summed E-state index contributed by atoms with van der Waals surface area (Å²) in [6.45, 7) is 1.06. The lowest BCUT2D eigenvalue weighted by atomic mass is 8.57. The van der Waals surface area contributed by atoms with E-state index in [2.05, 4.69) is 9.97 Å². The monoisotopic (exact) mass is 788 g/mol. The second-order valence-electron chi connectivity index (χ2n) is 16.1. The van der Waals surface area contributed by atoms with Gasteiger partial charge in [-0.3, -0.25) is 20.2 Å². The Morgan fingerprint density at radius 1 is 0.656 bits per heavy atom. The average Bonchev–Trinajstić information content (AvgIpc) is 3.85. The largest absolute Gasteiger partial charge is 0.494 e. The van der Waals surface area contributed by atoms with E-state index in [-0.39, 0.29) is 52.6 Å². The number of hydrogen-bond acceptors (Lipinski definition) is 8. The van der Waals surface area contributed by atoms with Gasteiger partial charge in [0.1, 0.15) is 33.9 Å². The van der Waals surface area contributed by atoms with Crippen LogP contribution in [-0.2, 0) is 0 Å². The Morgan fingerprint density at radius 2 is 1.13 bits per heavy atom. The number of fused-ring (bicyclic) bond motifs is 8. The summed E-state index contributed by atoms with van der Waals surface area (Å²) >= 11 is 0. The molecule has 2 aromatic carbocycles. The minimum atomic E-state index is -0.767. The molecular formula is C39H30B10N6O6. The van der Waals surface area contributed by atoms with Crippen LogP contribution in [0.3, 0.4) is 0 Å². The molecule has 0 amide bonds. The molecule has 5 aromatic rings. The highest BCUT2D eigenvalue weighted by Gasteiger charge is 2.50. The first-order chi connectivity index (χ1) is 29.4. The number of nitro groups is 2. The van der Waals surface area contributed by atoms with E-state index in [4.69, 9.17) is 58.1 Å². The van der Waals surface area contributed by atoms with E-state index in [1.54, 1.807) is 48.6 Å². The molecule has 3 aromatic heterocycles. The summed E-state index contributed by atoms with van der Waals surface area (Å²) in [6, 6.07) is 21.5. The molecule has 1 atom stereocenters. The van der Waals surface area contributed by atoms with Gasteiger partial charge in [0.15, 0.2) is 0 Å². The van der Waals surface area contributed by atoms with Crippen molar-refractivity contribution >= 4 is 129 Å². The summed E-state index contributed by atoms with van der Waals surface area (Å²) < 4.78 is 12.4. The number of ether oxygens (including phenoxy) is 2. The number of aromatic nitrogens is 4. The van der Waals surface area contributed by atoms with Crippen LogP contribution >= 0.6 is 0 Å². The van der Waals surface area contributed by atoms with E-state index in [0.29, 0.717) is 75.3 Å². The van der Waals surface area contributed by atoms with Gasteiger partial charge in [-0.2, -0.15) is 0 Å². The number of nitrogens with one attached hydrogen (secondary N) is 2. The molecule has 1 unspecified atom stereocenters. The van der Waals surface area contributed by atoms with E-state index < -0.39 is 29.0 Å². The Balaban J connectivity index is 1.18. The Labute approximate surface area is 360 Å². The zero-order valence-corrected chi connectivity index (χ0v) is 32.9. The van der Waals surface area contributed by atoms with Crippen molar-refractivity contribution < 1.29 is 19.3 Å². The van der Waals surface area contributed by atoms with Crippen LogP contribution in [0.5, 0.6) is 11.5 Å². The van der Waals surface area contributed by atoms with Crippen molar-refractivity contribution in [3.05, 3.63) is 116 Å². The Kier molecular flexibility index (Phi) is 11.0. The van der Waals surface area contributed by atoms with Crippen LogP contribution in [0.4, 0.5) is 11.4 Å². The fraction of sp³-hybridized carbons (Fsp3) is 0.179. The van der Waals surface area contributed by atoms with Crippen molar-refractivity contribution in [3.8, 4) is 33.8 Å². The molecule has 6 heterocycles. The third kappa shape index (κ3) is 8.29. The number of nitrogens with zero attached hydrogens (tertiary/aromatic N) is 4. The molecule has 10 radical (unpaired) electrons. The lowest BCUT2D eigenvalue weighted by Crippen LogP contribution is -2.63. The maximum atomic E-state index is 12.9. The molecule has 12 nitrogen and oxygen atoms in total. The summed E-state index contributed by atoms with van der Waals surface area (Å²) in [5.74, 6) is 1.87. The lowest BCUT2D eigenvalue weighted by Gasteiger charge is -2.25. The van der Waals surface area contributed by atoms with Crippen LogP contribution in [0, 0.1) is 26.1 Å². The van der Waals surface area contributed by atoms with Crippen LogP contribution < -0.4 is 9.47 Å². The zero-order valence-electron chi connectivity index (χ0n) is 32.9. The SMILES string of the molecule is [B]B([B])B([B])B(B([B])[B])B1CC1COc1cccc(-c2c3nc(c([N+](=O)[O-])c4ccc([nH]4)c(-c4cccc(OCC5CC5)c4)c4nc(c([N+](=O)[O-])c5ccc2[nH]5)C=C4)C=C3)c1. The van der Waals surface area contributed by atoms with Gasteiger partial charge >= 0.3 is 11.4 Å². The molecule has 1 saturated heterocycles. The van der Waals surface area contributed by atoms with Crippen LogP contribution in [-0.4, -0.2) is 114 Å². The highest BCUT2D eigenvalue weighted by atomic mass is 16.6. The van der Waals surface area contributed by atoms with Crippen molar-refractivity contribution in [1.29, 1.82) is 0 Å². The fourth-order valence-electron chi connectivity index (χ4n) is 8.37. The van der Waals surface area contributed by atoms with Gasteiger partial charge < -0.3 is 19.4 Å². The van der Waals surface area contributed by atoms with Crippen molar-refractivity contribution in [2.45, 2.75) is 25.0 Å². The van der Waals surface area contributed by atoms with Crippen molar-refractivity contribution in [3.63, 3.8) is 0 Å². The standard InChI is InChI=1S/C39H30B10N6O6/c40-46(41)48(44)49(47(42)43)45-19-25(45)21-61-27-6-2-4-24(18-27)37-30-11-15-34(52-30)38(54(56)57)32-13-9-28(50-32)36(23-3-1-5-26(17-23)60-20-22-7-8-22)29-10-14-33(51-29)39(55(58)59)35-16-12-31(37)53-35/h1-6,9-18,22,25,50,53H,7-8,19-21H2. The molecule has 3 aliphatic heterocycles. The predicted molar refractivity (Wildman–Crippen MR) is 253 cm³/mol. The molecule has 1 saturated carbocycles. The minimum Gasteiger partial charge on any atom is -0.494 e. The predicted octanol–water partition coefficient (Wildman–Crippen LogP) is 5.47. The highest BCUT2D eigenvalue weighted by molar-refractivity contribution is 8.01. The van der Waals surface area contributed by atoms with Gasteiger partial charge in [-0.1, -0.05) is 30.6 Å². The molecule has 61 heavy (non-hydrogen) atoms. The third-order valence-corrected chi connectivity index (χ3v) is 11.8. The zero-order chi connectivity index (χ0) is 42.5. The van der Waals surface area contributed by atoms with E-state index in [1.165, 1.54) is 0 Å². The van der Waals surface area contributed by atoms with Crippen molar-refractivity contribution in [2.75, 3.05) is 13.2 Å². The summed E-state index contributed by atoms with van der Waals surface area (Å²) in [5.41, 5.74) is 4.44. The molecule has 22 heteroatoms. The first kappa shape index (κ1) is 40.5. The number of benzene rings is 2. The number of hydrogen-bond donors (Lipinski definition) is 2. The number of aromatic amines is 2. The maximum absolute atomic E-state index is 12.9.